The van der Waals surface area contributed by atoms with Gasteiger partial charge in [0.2, 0.25) is 0 Å². The molecule has 0 spiro atoms. The normalized spacial score (nSPS) is 21.9. The lowest BCUT2D eigenvalue weighted by Gasteiger charge is -2.26. The standard InChI is InChI=1S/C16H22N4OS/c1-2-11-20-15(12-7-9-17-10-8-12)18-19-16(20)22-14-6-4-3-5-13(14)21/h7-10,13-14,21H,2-6,11H2,1H3. The summed E-state index contributed by atoms with van der Waals surface area (Å²) in [4.78, 5) is 4.06. The molecule has 2 heterocycles. The summed E-state index contributed by atoms with van der Waals surface area (Å²) in [6.07, 6.45) is 8.62. The van der Waals surface area contributed by atoms with Gasteiger partial charge in [0.1, 0.15) is 0 Å². The Morgan fingerprint density at radius 1 is 1.23 bits per heavy atom. The van der Waals surface area contributed by atoms with Gasteiger partial charge >= 0.3 is 0 Å². The highest BCUT2D eigenvalue weighted by atomic mass is 32.2. The molecule has 0 bridgehead atoms. The van der Waals surface area contributed by atoms with Crippen molar-refractivity contribution in [3.8, 4) is 11.4 Å². The largest absolute Gasteiger partial charge is 0.392 e. The molecule has 22 heavy (non-hydrogen) atoms. The summed E-state index contributed by atoms with van der Waals surface area (Å²) in [5.41, 5.74) is 1.03. The van der Waals surface area contributed by atoms with E-state index in [1.54, 1.807) is 24.2 Å². The van der Waals surface area contributed by atoms with Crippen LogP contribution in [-0.2, 0) is 6.54 Å². The summed E-state index contributed by atoms with van der Waals surface area (Å²) in [5.74, 6) is 0.886. The van der Waals surface area contributed by atoms with Crippen LogP contribution in [0.1, 0.15) is 39.0 Å². The van der Waals surface area contributed by atoms with Crippen molar-refractivity contribution in [3.63, 3.8) is 0 Å². The lowest BCUT2D eigenvalue weighted by atomic mass is 9.97. The first-order chi connectivity index (χ1) is 10.8. The van der Waals surface area contributed by atoms with Crippen molar-refractivity contribution >= 4 is 11.8 Å². The third kappa shape index (κ3) is 3.33. The van der Waals surface area contributed by atoms with Gasteiger partial charge in [-0.25, -0.2) is 0 Å². The summed E-state index contributed by atoms with van der Waals surface area (Å²) >= 11 is 1.68. The number of hydrogen-bond donors (Lipinski definition) is 1. The van der Waals surface area contributed by atoms with E-state index in [2.05, 4.69) is 26.7 Å². The molecular weight excluding hydrogens is 296 g/mol. The molecule has 6 heteroatoms. The predicted molar refractivity (Wildman–Crippen MR) is 87.7 cm³/mol. The van der Waals surface area contributed by atoms with Gasteiger partial charge in [0.05, 0.1) is 6.10 Å². The molecule has 1 aliphatic rings. The zero-order chi connectivity index (χ0) is 15.4. The number of rotatable bonds is 5. The van der Waals surface area contributed by atoms with Crippen LogP contribution in [0, 0.1) is 0 Å². The molecule has 2 unspecified atom stereocenters. The van der Waals surface area contributed by atoms with Crippen LogP contribution < -0.4 is 0 Å². The maximum absolute atomic E-state index is 10.2. The quantitative estimate of drug-likeness (QED) is 0.917. The van der Waals surface area contributed by atoms with Gasteiger partial charge in [0, 0.05) is 29.8 Å². The zero-order valence-electron chi connectivity index (χ0n) is 12.9. The smallest absolute Gasteiger partial charge is 0.191 e. The fourth-order valence-electron chi connectivity index (χ4n) is 2.87. The third-order valence-corrected chi connectivity index (χ3v) is 5.39. The monoisotopic (exact) mass is 318 g/mol. The highest BCUT2D eigenvalue weighted by Crippen LogP contribution is 2.34. The van der Waals surface area contributed by atoms with E-state index < -0.39 is 0 Å². The number of pyridine rings is 1. The van der Waals surface area contributed by atoms with Crippen LogP contribution in [0.5, 0.6) is 0 Å². The third-order valence-electron chi connectivity index (χ3n) is 4.03. The van der Waals surface area contributed by atoms with Crippen LogP contribution in [0.15, 0.2) is 29.7 Å². The van der Waals surface area contributed by atoms with E-state index >= 15 is 0 Å². The Hall–Kier alpha value is -1.40. The van der Waals surface area contributed by atoms with Gasteiger partial charge in [-0.15, -0.1) is 10.2 Å². The van der Waals surface area contributed by atoms with Crippen LogP contribution in [0.4, 0.5) is 0 Å². The first kappa shape index (κ1) is 15.5. The molecule has 0 aliphatic heterocycles. The Morgan fingerprint density at radius 2 is 2.00 bits per heavy atom. The SMILES string of the molecule is CCCn1c(SC2CCCCC2O)nnc1-c1ccncc1. The number of aliphatic hydroxyl groups excluding tert-OH is 1. The van der Waals surface area contributed by atoms with Crippen LogP contribution in [-0.4, -0.2) is 36.2 Å². The topological polar surface area (TPSA) is 63.8 Å². The minimum absolute atomic E-state index is 0.227. The van der Waals surface area contributed by atoms with E-state index in [0.29, 0.717) is 0 Å². The van der Waals surface area contributed by atoms with Crippen molar-refractivity contribution in [2.75, 3.05) is 0 Å². The Labute approximate surface area is 135 Å². The van der Waals surface area contributed by atoms with Gasteiger partial charge < -0.3 is 9.67 Å². The van der Waals surface area contributed by atoms with Crippen LogP contribution in [0.2, 0.25) is 0 Å². The highest BCUT2D eigenvalue weighted by Gasteiger charge is 2.26. The second-order valence-electron chi connectivity index (χ2n) is 5.70. The van der Waals surface area contributed by atoms with Gasteiger partial charge in [-0.2, -0.15) is 0 Å². The van der Waals surface area contributed by atoms with Crippen molar-refractivity contribution < 1.29 is 5.11 Å². The molecule has 0 amide bonds. The highest BCUT2D eigenvalue weighted by molar-refractivity contribution is 7.99. The van der Waals surface area contributed by atoms with Gasteiger partial charge in [0.15, 0.2) is 11.0 Å². The van der Waals surface area contributed by atoms with Crippen molar-refractivity contribution in [2.24, 2.45) is 0 Å². The van der Waals surface area contributed by atoms with E-state index in [-0.39, 0.29) is 11.4 Å². The van der Waals surface area contributed by atoms with Crippen LogP contribution in [0.3, 0.4) is 0 Å². The molecule has 1 N–H and O–H groups in total. The average molecular weight is 318 g/mol. The van der Waals surface area contributed by atoms with Crippen molar-refractivity contribution in [1.82, 2.24) is 19.7 Å². The lowest BCUT2D eigenvalue weighted by molar-refractivity contribution is 0.137. The maximum atomic E-state index is 10.2. The predicted octanol–water partition coefficient (Wildman–Crippen LogP) is 3.15. The number of nitrogens with zero attached hydrogens (tertiary/aromatic N) is 4. The summed E-state index contributed by atoms with van der Waals surface area (Å²) < 4.78 is 2.17. The fraction of sp³-hybridized carbons (Fsp3) is 0.562. The molecule has 0 saturated heterocycles. The van der Waals surface area contributed by atoms with Gasteiger partial charge in [-0.1, -0.05) is 31.5 Å². The Balaban J connectivity index is 1.86. The molecule has 1 saturated carbocycles. The van der Waals surface area contributed by atoms with Crippen molar-refractivity contribution in [1.29, 1.82) is 0 Å². The minimum Gasteiger partial charge on any atom is -0.392 e. The second-order valence-corrected chi connectivity index (χ2v) is 6.91. The fourth-order valence-corrected chi connectivity index (χ4v) is 4.11. The van der Waals surface area contributed by atoms with E-state index in [4.69, 9.17) is 0 Å². The molecule has 1 aliphatic carbocycles. The average Bonchev–Trinajstić information content (AvgIpc) is 2.94. The Kier molecular flexibility index (Phi) is 5.10. The molecule has 5 nitrogen and oxygen atoms in total. The molecule has 2 aromatic rings. The minimum atomic E-state index is -0.227. The van der Waals surface area contributed by atoms with E-state index in [9.17, 15) is 5.11 Å². The van der Waals surface area contributed by atoms with Crippen LogP contribution in [0.25, 0.3) is 11.4 Å². The Morgan fingerprint density at radius 3 is 2.73 bits per heavy atom. The molecule has 118 valence electrons. The summed E-state index contributed by atoms with van der Waals surface area (Å²) in [7, 11) is 0. The second kappa shape index (κ2) is 7.24. The molecular formula is C16H22N4OS. The van der Waals surface area contributed by atoms with E-state index in [0.717, 1.165) is 48.8 Å². The van der Waals surface area contributed by atoms with Crippen molar-refractivity contribution in [2.45, 2.75) is 62.1 Å². The van der Waals surface area contributed by atoms with Gasteiger partial charge in [0.25, 0.3) is 0 Å². The molecule has 2 aromatic heterocycles. The summed E-state index contributed by atoms with van der Waals surface area (Å²) in [6.45, 7) is 3.04. The van der Waals surface area contributed by atoms with E-state index in [1.165, 1.54) is 6.42 Å². The first-order valence-corrected chi connectivity index (χ1v) is 8.86. The Bertz CT molecular complexity index is 601. The number of aromatic nitrogens is 4. The summed E-state index contributed by atoms with van der Waals surface area (Å²) in [6, 6.07) is 3.92. The molecule has 2 atom stereocenters. The molecule has 0 aromatic carbocycles. The molecule has 0 radical (unpaired) electrons. The van der Waals surface area contributed by atoms with E-state index in [1.807, 2.05) is 12.1 Å². The van der Waals surface area contributed by atoms with Crippen molar-refractivity contribution in [3.05, 3.63) is 24.5 Å². The number of thioether (sulfide) groups is 1. The molecule has 3 rings (SSSR count). The zero-order valence-corrected chi connectivity index (χ0v) is 13.7. The number of hydrogen-bond acceptors (Lipinski definition) is 5. The molecule has 1 fully saturated rings. The summed E-state index contributed by atoms with van der Waals surface area (Å²) in [5, 5.41) is 20.1. The van der Waals surface area contributed by atoms with Gasteiger partial charge in [-0.3, -0.25) is 4.98 Å². The number of aliphatic hydroxyl groups is 1. The van der Waals surface area contributed by atoms with Gasteiger partial charge in [-0.05, 0) is 31.4 Å². The first-order valence-electron chi connectivity index (χ1n) is 7.98. The lowest BCUT2D eigenvalue weighted by Crippen LogP contribution is -2.27. The maximum Gasteiger partial charge on any atom is 0.191 e. The van der Waals surface area contributed by atoms with Crippen LogP contribution >= 0.6 is 11.8 Å².